The Bertz CT molecular complexity index is 585. The molecule has 0 saturated carbocycles. The van der Waals surface area contributed by atoms with E-state index in [2.05, 4.69) is 0 Å². The monoisotopic (exact) mass is 255 g/mol. The van der Waals surface area contributed by atoms with Crippen LogP contribution in [0.3, 0.4) is 0 Å². The molecule has 0 bridgehead atoms. The van der Waals surface area contributed by atoms with Crippen molar-refractivity contribution in [3.8, 4) is 0 Å². The van der Waals surface area contributed by atoms with Crippen molar-refractivity contribution in [2.75, 3.05) is 5.73 Å². The van der Waals surface area contributed by atoms with Crippen molar-refractivity contribution in [2.45, 2.75) is 26.8 Å². The first kappa shape index (κ1) is 13.3. The van der Waals surface area contributed by atoms with Gasteiger partial charge in [0.15, 0.2) is 12.4 Å². The van der Waals surface area contributed by atoms with E-state index in [0.29, 0.717) is 18.7 Å². The number of Topliss-reactive ketones (excluding diaryl/α,β-unsaturated/α-hetero) is 1. The van der Waals surface area contributed by atoms with Gasteiger partial charge in [-0.15, -0.1) is 0 Å². The standard InChI is InChI=1S/C16H19N2O/c1-12-5-3-6-13(2)16(12)9-15(19)11-18-8-4-7-14(17)10-18/h3-8,10H,9,11,17H2,1-2H3/q+1. The summed E-state index contributed by atoms with van der Waals surface area (Å²) in [7, 11) is 0. The van der Waals surface area contributed by atoms with E-state index >= 15 is 0 Å². The van der Waals surface area contributed by atoms with Crippen LogP contribution in [0.2, 0.25) is 0 Å². The van der Waals surface area contributed by atoms with Crippen molar-refractivity contribution >= 4 is 11.5 Å². The predicted molar refractivity (Wildman–Crippen MR) is 75.7 cm³/mol. The van der Waals surface area contributed by atoms with E-state index in [1.807, 2.05) is 54.9 Å². The molecule has 0 aliphatic carbocycles. The number of carbonyl (C=O) groups excluding carboxylic acids is 1. The Kier molecular flexibility index (Phi) is 3.95. The van der Waals surface area contributed by atoms with Crippen LogP contribution in [0.25, 0.3) is 0 Å². The molecule has 3 heteroatoms. The largest absolute Gasteiger partial charge is 0.394 e. The number of aromatic nitrogens is 1. The van der Waals surface area contributed by atoms with Gasteiger partial charge in [-0.2, -0.15) is 4.57 Å². The van der Waals surface area contributed by atoms with Crippen LogP contribution >= 0.6 is 0 Å². The number of anilines is 1. The number of hydrogen-bond donors (Lipinski definition) is 1. The number of ketones is 1. The Hall–Kier alpha value is -2.16. The molecule has 98 valence electrons. The van der Waals surface area contributed by atoms with Gasteiger partial charge in [0.1, 0.15) is 0 Å². The van der Waals surface area contributed by atoms with Gasteiger partial charge in [0.2, 0.25) is 12.3 Å². The zero-order valence-electron chi connectivity index (χ0n) is 11.4. The number of benzene rings is 1. The number of nitrogens with two attached hydrogens (primary N) is 1. The molecule has 1 aromatic carbocycles. The smallest absolute Gasteiger partial charge is 0.206 e. The number of hydrogen-bond acceptors (Lipinski definition) is 2. The van der Waals surface area contributed by atoms with Gasteiger partial charge in [-0.05, 0) is 36.6 Å². The highest BCUT2D eigenvalue weighted by Gasteiger charge is 2.13. The molecule has 2 rings (SSSR count). The third kappa shape index (κ3) is 3.41. The molecule has 1 heterocycles. The van der Waals surface area contributed by atoms with Crippen LogP contribution in [-0.4, -0.2) is 5.78 Å². The van der Waals surface area contributed by atoms with E-state index < -0.39 is 0 Å². The zero-order valence-corrected chi connectivity index (χ0v) is 11.4. The second-order valence-corrected chi connectivity index (χ2v) is 4.90. The maximum atomic E-state index is 12.1. The third-order valence-corrected chi connectivity index (χ3v) is 3.26. The van der Waals surface area contributed by atoms with Crippen LogP contribution in [0.4, 0.5) is 5.69 Å². The summed E-state index contributed by atoms with van der Waals surface area (Å²) < 4.78 is 1.82. The van der Waals surface area contributed by atoms with Crippen molar-refractivity contribution in [3.05, 3.63) is 59.4 Å². The summed E-state index contributed by atoms with van der Waals surface area (Å²) in [6, 6.07) is 9.77. The molecule has 0 aliphatic rings. The first-order valence-electron chi connectivity index (χ1n) is 6.37. The highest BCUT2D eigenvalue weighted by Crippen LogP contribution is 2.14. The van der Waals surface area contributed by atoms with Gasteiger partial charge >= 0.3 is 0 Å². The summed E-state index contributed by atoms with van der Waals surface area (Å²) in [4.78, 5) is 12.1. The highest BCUT2D eigenvalue weighted by molar-refractivity contribution is 5.80. The topological polar surface area (TPSA) is 47.0 Å². The molecule has 0 atom stereocenters. The summed E-state index contributed by atoms with van der Waals surface area (Å²) in [6.45, 7) is 4.45. The van der Waals surface area contributed by atoms with Gasteiger partial charge in [-0.1, -0.05) is 18.2 Å². The van der Waals surface area contributed by atoms with Gasteiger partial charge in [-0.25, -0.2) is 0 Å². The third-order valence-electron chi connectivity index (χ3n) is 3.26. The maximum absolute atomic E-state index is 12.1. The van der Waals surface area contributed by atoms with E-state index in [1.54, 1.807) is 6.20 Å². The lowest BCUT2D eigenvalue weighted by Gasteiger charge is -2.07. The second kappa shape index (κ2) is 5.65. The number of aryl methyl sites for hydroxylation is 2. The minimum absolute atomic E-state index is 0.188. The van der Waals surface area contributed by atoms with Gasteiger partial charge in [-0.3, -0.25) is 4.79 Å². The molecule has 1 aromatic heterocycles. The van der Waals surface area contributed by atoms with Crippen LogP contribution in [0.15, 0.2) is 42.7 Å². The van der Waals surface area contributed by atoms with Gasteiger partial charge in [0.05, 0.1) is 5.69 Å². The fraction of sp³-hybridized carbons (Fsp3) is 0.250. The quantitative estimate of drug-likeness (QED) is 0.849. The molecule has 0 saturated heterocycles. The Morgan fingerprint density at radius 2 is 1.84 bits per heavy atom. The Labute approximate surface area is 113 Å². The molecule has 0 radical (unpaired) electrons. The van der Waals surface area contributed by atoms with Crippen molar-refractivity contribution in [2.24, 2.45) is 0 Å². The molecule has 2 N–H and O–H groups in total. The van der Waals surface area contributed by atoms with Crippen molar-refractivity contribution < 1.29 is 9.36 Å². The van der Waals surface area contributed by atoms with Crippen LogP contribution < -0.4 is 10.3 Å². The molecular formula is C16H19N2O+. The molecule has 19 heavy (non-hydrogen) atoms. The lowest BCUT2D eigenvalue weighted by Crippen LogP contribution is -2.38. The summed E-state index contributed by atoms with van der Waals surface area (Å²) in [5, 5.41) is 0. The zero-order chi connectivity index (χ0) is 13.8. The molecule has 0 aliphatic heterocycles. The Morgan fingerprint density at radius 3 is 2.47 bits per heavy atom. The first-order chi connectivity index (χ1) is 9.06. The number of carbonyl (C=O) groups is 1. The highest BCUT2D eigenvalue weighted by atomic mass is 16.1. The second-order valence-electron chi connectivity index (χ2n) is 4.90. The maximum Gasteiger partial charge on any atom is 0.206 e. The molecule has 0 fully saturated rings. The number of pyridine rings is 1. The van der Waals surface area contributed by atoms with Crippen molar-refractivity contribution in [1.29, 1.82) is 0 Å². The summed E-state index contributed by atoms with van der Waals surface area (Å²) in [6.07, 6.45) is 4.11. The lowest BCUT2D eigenvalue weighted by molar-refractivity contribution is -0.683. The molecular weight excluding hydrogens is 236 g/mol. The molecule has 0 unspecified atom stereocenters. The van der Waals surface area contributed by atoms with Gasteiger partial charge in [0.25, 0.3) is 0 Å². The fourth-order valence-electron chi connectivity index (χ4n) is 2.23. The summed E-state index contributed by atoms with van der Waals surface area (Å²) in [5.41, 5.74) is 9.85. The number of nitrogen functional groups attached to an aromatic ring is 1. The SMILES string of the molecule is Cc1cccc(C)c1CC(=O)C[n+]1cccc(N)c1. The molecule has 2 aromatic rings. The van der Waals surface area contributed by atoms with Crippen LogP contribution in [0.1, 0.15) is 16.7 Å². The van der Waals surface area contributed by atoms with E-state index in [1.165, 1.54) is 11.1 Å². The fourth-order valence-corrected chi connectivity index (χ4v) is 2.23. The Morgan fingerprint density at radius 1 is 1.16 bits per heavy atom. The average Bonchev–Trinajstić information content (AvgIpc) is 2.34. The average molecular weight is 255 g/mol. The van der Waals surface area contributed by atoms with Gasteiger partial charge in [0, 0.05) is 12.5 Å². The van der Waals surface area contributed by atoms with E-state index in [0.717, 1.165) is 5.56 Å². The lowest BCUT2D eigenvalue weighted by atomic mass is 9.98. The molecule has 0 amide bonds. The molecule has 3 nitrogen and oxygen atoms in total. The van der Waals surface area contributed by atoms with Crippen LogP contribution in [0, 0.1) is 13.8 Å². The number of nitrogens with zero attached hydrogens (tertiary/aromatic N) is 1. The summed E-state index contributed by atoms with van der Waals surface area (Å²) in [5.74, 6) is 0.188. The summed E-state index contributed by atoms with van der Waals surface area (Å²) >= 11 is 0. The minimum Gasteiger partial charge on any atom is -0.394 e. The minimum atomic E-state index is 0.188. The van der Waals surface area contributed by atoms with Gasteiger partial charge < -0.3 is 5.73 Å². The number of rotatable bonds is 4. The molecule has 0 spiro atoms. The van der Waals surface area contributed by atoms with Crippen LogP contribution in [-0.2, 0) is 17.8 Å². The van der Waals surface area contributed by atoms with Crippen molar-refractivity contribution in [3.63, 3.8) is 0 Å². The Balaban J connectivity index is 2.10. The normalized spacial score (nSPS) is 10.4. The first-order valence-corrected chi connectivity index (χ1v) is 6.37. The predicted octanol–water partition coefficient (Wildman–Crippen LogP) is 1.98. The van der Waals surface area contributed by atoms with E-state index in [9.17, 15) is 4.79 Å². The van der Waals surface area contributed by atoms with E-state index in [-0.39, 0.29) is 5.78 Å². The van der Waals surface area contributed by atoms with Crippen LogP contribution in [0.5, 0.6) is 0 Å². The van der Waals surface area contributed by atoms with Crippen molar-refractivity contribution in [1.82, 2.24) is 0 Å². The van der Waals surface area contributed by atoms with E-state index in [4.69, 9.17) is 5.73 Å².